The molecule has 0 saturated carbocycles. The van der Waals surface area contributed by atoms with Gasteiger partial charge in [0.05, 0.1) is 18.9 Å². The van der Waals surface area contributed by atoms with Crippen LogP contribution in [-0.4, -0.2) is 63.3 Å². The lowest BCUT2D eigenvalue weighted by atomic mass is 10.3. The van der Waals surface area contributed by atoms with Gasteiger partial charge in [-0.05, 0) is 6.42 Å². The van der Waals surface area contributed by atoms with Gasteiger partial charge in [0, 0.05) is 51.2 Å². The summed E-state index contributed by atoms with van der Waals surface area (Å²) in [6.45, 7) is 6.64. The summed E-state index contributed by atoms with van der Waals surface area (Å²) < 4.78 is 1.82. The average Bonchev–Trinajstić information content (AvgIpc) is 3.03. The SMILES string of the molecule is CCCn1nccc1NC(=O)CN1CCN(c2cnccn2)CC1. The van der Waals surface area contributed by atoms with E-state index in [9.17, 15) is 4.79 Å². The number of nitrogens with one attached hydrogen (secondary N) is 1. The molecule has 1 aliphatic heterocycles. The van der Waals surface area contributed by atoms with E-state index in [-0.39, 0.29) is 5.91 Å². The Balaban J connectivity index is 1.47. The summed E-state index contributed by atoms with van der Waals surface area (Å²) in [5, 5.41) is 7.17. The van der Waals surface area contributed by atoms with Gasteiger partial charge in [-0.3, -0.25) is 14.7 Å². The molecule has 2 aromatic heterocycles. The molecule has 1 amide bonds. The summed E-state index contributed by atoms with van der Waals surface area (Å²) in [4.78, 5) is 25.0. The molecule has 0 atom stereocenters. The van der Waals surface area contributed by atoms with E-state index in [1.807, 2.05) is 10.7 Å². The summed E-state index contributed by atoms with van der Waals surface area (Å²) in [7, 11) is 0. The third kappa shape index (κ3) is 4.08. The second-order valence-corrected chi connectivity index (χ2v) is 5.81. The Morgan fingerprint density at radius 2 is 2.04 bits per heavy atom. The first-order valence-corrected chi connectivity index (χ1v) is 8.31. The van der Waals surface area contributed by atoms with Crippen LogP contribution in [0, 0.1) is 0 Å². The van der Waals surface area contributed by atoms with Gasteiger partial charge in [0.1, 0.15) is 11.6 Å². The number of anilines is 2. The average molecular weight is 329 g/mol. The molecule has 0 spiro atoms. The fourth-order valence-electron chi connectivity index (χ4n) is 2.80. The summed E-state index contributed by atoms with van der Waals surface area (Å²) in [5.74, 6) is 1.66. The molecule has 1 saturated heterocycles. The summed E-state index contributed by atoms with van der Waals surface area (Å²) >= 11 is 0. The maximum atomic E-state index is 12.3. The van der Waals surface area contributed by atoms with E-state index in [4.69, 9.17) is 0 Å². The summed E-state index contributed by atoms with van der Waals surface area (Å²) in [5.41, 5.74) is 0. The smallest absolute Gasteiger partial charge is 0.239 e. The van der Waals surface area contributed by atoms with Crippen molar-refractivity contribution in [3.63, 3.8) is 0 Å². The monoisotopic (exact) mass is 329 g/mol. The fraction of sp³-hybridized carbons (Fsp3) is 0.500. The van der Waals surface area contributed by atoms with Crippen molar-refractivity contribution in [3.05, 3.63) is 30.9 Å². The maximum Gasteiger partial charge on any atom is 0.239 e. The Kier molecular flexibility index (Phi) is 5.37. The van der Waals surface area contributed by atoms with Crippen LogP contribution in [0.2, 0.25) is 0 Å². The Morgan fingerprint density at radius 1 is 1.21 bits per heavy atom. The predicted molar refractivity (Wildman–Crippen MR) is 91.8 cm³/mol. The standard InChI is InChI=1S/C16H23N7O/c1-2-7-23-14(3-4-19-23)20-16(24)13-21-8-10-22(11-9-21)15-12-17-5-6-18-15/h3-6,12H,2,7-11,13H2,1H3,(H,20,24). The van der Waals surface area contributed by atoms with Gasteiger partial charge in [-0.25, -0.2) is 9.67 Å². The van der Waals surface area contributed by atoms with E-state index in [1.165, 1.54) is 0 Å². The number of rotatable bonds is 6. The van der Waals surface area contributed by atoms with Gasteiger partial charge in [0.2, 0.25) is 5.91 Å². The highest BCUT2D eigenvalue weighted by Gasteiger charge is 2.20. The predicted octanol–water partition coefficient (Wildman–Crippen LogP) is 0.844. The van der Waals surface area contributed by atoms with Gasteiger partial charge < -0.3 is 10.2 Å². The quantitative estimate of drug-likeness (QED) is 0.846. The van der Waals surface area contributed by atoms with Gasteiger partial charge in [0.15, 0.2) is 0 Å². The minimum Gasteiger partial charge on any atom is -0.353 e. The fourth-order valence-corrected chi connectivity index (χ4v) is 2.80. The lowest BCUT2D eigenvalue weighted by molar-refractivity contribution is -0.117. The molecule has 1 N–H and O–H groups in total. The molecule has 8 heteroatoms. The number of aryl methyl sites for hydroxylation is 1. The van der Waals surface area contributed by atoms with E-state index in [0.717, 1.165) is 50.8 Å². The number of hydrogen-bond acceptors (Lipinski definition) is 6. The topological polar surface area (TPSA) is 79.2 Å². The van der Waals surface area contributed by atoms with Gasteiger partial charge in [-0.2, -0.15) is 5.10 Å². The van der Waals surface area contributed by atoms with Crippen molar-refractivity contribution in [1.82, 2.24) is 24.6 Å². The van der Waals surface area contributed by atoms with E-state index >= 15 is 0 Å². The molecule has 0 aromatic carbocycles. The molecule has 0 unspecified atom stereocenters. The highest BCUT2D eigenvalue weighted by molar-refractivity contribution is 5.91. The third-order valence-corrected chi connectivity index (χ3v) is 4.03. The van der Waals surface area contributed by atoms with Crippen molar-refractivity contribution in [1.29, 1.82) is 0 Å². The molecule has 128 valence electrons. The van der Waals surface area contributed by atoms with Gasteiger partial charge >= 0.3 is 0 Å². The van der Waals surface area contributed by atoms with Crippen LogP contribution >= 0.6 is 0 Å². The molecule has 8 nitrogen and oxygen atoms in total. The molecule has 3 rings (SSSR count). The number of piperazine rings is 1. The number of carbonyl (C=O) groups excluding carboxylic acids is 1. The molecule has 0 radical (unpaired) electrons. The second kappa shape index (κ2) is 7.87. The zero-order valence-electron chi connectivity index (χ0n) is 13.9. The summed E-state index contributed by atoms with van der Waals surface area (Å²) in [6, 6.07) is 1.83. The van der Waals surface area contributed by atoms with E-state index < -0.39 is 0 Å². The molecule has 0 bridgehead atoms. The van der Waals surface area contributed by atoms with Crippen molar-refractivity contribution < 1.29 is 4.79 Å². The molecule has 24 heavy (non-hydrogen) atoms. The van der Waals surface area contributed by atoms with Crippen molar-refractivity contribution >= 4 is 17.5 Å². The molecule has 3 heterocycles. The zero-order chi connectivity index (χ0) is 16.8. The molecular formula is C16H23N7O. The number of nitrogens with zero attached hydrogens (tertiary/aromatic N) is 6. The number of hydrogen-bond donors (Lipinski definition) is 1. The molecular weight excluding hydrogens is 306 g/mol. The first-order chi connectivity index (χ1) is 11.8. The van der Waals surface area contributed by atoms with Crippen LogP contribution in [-0.2, 0) is 11.3 Å². The lowest BCUT2D eigenvalue weighted by Crippen LogP contribution is -2.49. The number of carbonyl (C=O) groups is 1. The maximum absolute atomic E-state index is 12.3. The van der Waals surface area contributed by atoms with E-state index in [0.29, 0.717) is 6.54 Å². The Labute approximate surface area is 141 Å². The van der Waals surface area contributed by atoms with Crippen LogP contribution in [0.1, 0.15) is 13.3 Å². The largest absolute Gasteiger partial charge is 0.353 e. The Bertz CT molecular complexity index is 649. The molecule has 2 aromatic rings. The van der Waals surface area contributed by atoms with Crippen LogP contribution in [0.15, 0.2) is 30.9 Å². The van der Waals surface area contributed by atoms with Gasteiger partial charge in [0.25, 0.3) is 0 Å². The number of aromatic nitrogens is 4. The van der Waals surface area contributed by atoms with Crippen molar-refractivity contribution in [2.24, 2.45) is 0 Å². The highest BCUT2D eigenvalue weighted by Crippen LogP contribution is 2.12. The van der Waals surface area contributed by atoms with Crippen LogP contribution in [0.4, 0.5) is 11.6 Å². The van der Waals surface area contributed by atoms with E-state index in [2.05, 4.69) is 37.1 Å². The third-order valence-electron chi connectivity index (χ3n) is 4.03. The van der Waals surface area contributed by atoms with E-state index in [1.54, 1.807) is 24.8 Å². The second-order valence-electron chi connectivity index (χ2n) is 5.81. The van der Waals surface area contributed by atoms with Crippen molar-refractivity contribution in [3.8, 4) is 0 Å². The first-order valence-electron chi connectivity index (χ1n) is 8.31. The molecule has 1 fully saturated rings. The molecule has 1 aliphatic rings. The first kappa shape index (κ1) is 16.4. The number of amides is 1. The molecule has 0 aliphatic carbocycles. The lowest BCUT2D eigenvalue weighted by Gasteiger charge is -2.34. The Morgan fingerprint density at radius 3 is 2.75 bits per heavy atom. The van der Waals surface area contributed by atoms with Gasteiger partial charge in [-0.15, -0.1) is 0 Å². The minimum absolute atomic E-state index is 0.000746. The van der Waals surface area contributed by atoms with Crippen LogP contribution in [0.25, 0.3) is 0 Å². The van der Waals surface area contributed by atoms with Gasteiger partial charge in [-0.1, -0.05) is 6.92 Å². The zero-order valence-corrected chi connectivity index (χ0v) is 13.9. The van der Waals surface area contributed by atoms with Crippen LogP contribution < -0.4 is 10.2 Å². The van der Waals surface area contributed by atoms with Crippen LogP contribution in [0.5, 0.6) is 0 Å². The van der Waals surface area contributed by atoms with Crippen molar-refractivity contribution in [2.75, 3.05) is 42.9 Å². The normalized spacial score (nSPS) is 15.5. The van der Waals surface area contributed by atoms with Crippen molar-refractivity contribution in [2.45, 2.75) is 19.9 Å². The van der Waals surface area contributed by atoms with Crippen LogP contribution in [0.3, 0.4) is 0 Å². The minimum atomic E-state index is 0.000746. The Hall–Kier alpha value is -2.48. The summed E-state index contributed by atoms with van der Waals surface area (Å²) in [6.07, 6.45) is 7.85. The highest BCUT2D eigenvalue weighted by atomic mass is 16.2.